The molecule has 0 saturated heterocycles. The number of nitrogens with zero attached hydrogens (tertiary/aromatic N) is 2. The molecule has 2 aromatic rings. The van der Waals surface area contributed by atoms with Gasteiger partial charge in [0.1, 0.15) is 5.82 Å². The SMILES string of the molecule is CNCCn1ccnc1Cc1ccc(F)c(F)c1F. The van der Waals surface area contributed by atoms with Crippen molar-refractivity contribution in [3.63, 3.8) is 0 Å². The van der Waals surface area contributed by atoms with Gasteiger partial charge >= 0.3 is 0 Å². The van der Waals surface area contributed by atoms with Crippen LogP contribution in [0.15, 0.2) is 24.5 Å². The lowest BCUT2D eigenvalue weighted by Crippen LogP contribution is -2.16. The van der Waals surface area contributed by atoms with Crippen LogP contribution in [0.3, 0.4) is 0 Å². The van der Waals surface area contributed by atoms with Crippen molar-refractivity contribution in [2.75, 3.05) is 13.6 Å². The molecule has 0 unspecified atom stereocenters. The first-order valence-electron chi connectivity index (χ1n) is 5.90. The zero-order valence-electron chi connectivity index (χ0n) is 10.5. The molecule has 3 nitrogen and oxygen atoms in total. The molecule has 0 atom stereocenters. The Balaban J connectivity index is 2.22. The number of benzene rings is 1. The molecular formula is C13H14F3N3. The van der Waals surface area contributed by atoms with Crippen molar-refractivity contribution >= 4 is 0 Å². The molecular weight excluding hydrogens is 255 g/mol. The summed E-state index contributed by atoms with van der Waals surface area (Å²) < 4.78 is 41.4. The molecule has 0 aliphatic heterocycles. The van der Waals surface area contributed by atoms with Gasteiger partial charge < -0.3 is 9.88 Å². The van der Waals surface area contributed by atoms with E-state index in [0.29, 0.717) is 12.4 Å². The summed E-state index contributed by atoms with van der Waals surface area (Å²) in [5, 5.41) is 2.99. The zero-order valence-corrected chi connectivity index (χ0v) is 10.5. The maximum atomic E-state index is 13.6. The molecule has 0 saturated carbocycles. The van der Waals surface area contributed by atoms with E-state index < -0.39 is 17.5 Å². The van der Waals surface area contributed by atoms with E-state index in [0.717, 1.165) is 12.6 Å². The van der Waals surface area contributed by atoms with Gasteiger partial charge in [0.2, 0.25) is 0 Å². The number of aromatic nitrogens is 2. The van der Waals surface area contributed by atoms with E-state index in [-0.39, 0.29) is 12.0 Å². The molecule has 1 N–H and O–H groups in total. The second-order valence-electron chi connectivity index (χ2n) is 4.15. The van der Waals surface area contributed by atoms with Crippen LogP contribution in [-0.4, -0.2) is 23.1 Å². The van der Waals surface area contributed by atoms with Crippen molar-refractivity contribution in [3.8, 4) is 0 Å². The minimum Gasteiger partial charge on any atom is -0.333 e. The lowest BCUT2D eigenvalue weighted by molar-refractivity contribution is 0.441. The van der Waals surface area contributed by atoms with Crippen LogP contribution in [0.4, 0.5) is 13.2 Å². The summed E-state index contributed by atoms with van der Waals surface area (Å²) in [7, 11) is 1.83. The van der Waals surface area contributed by atoms with Gasteiger partial charge in [-0.05, 0) is 18.7 Å². The Labute approximate surface area is 109 Å². The largest absolute Gasteiger partial charge is 0.333 e. The summed E-state index contributed by atoms with van der Waals surface area (Å²) >= 11 is 0. The number of hydrogen-bond acceptors (Lipinski definition) is 2. The van der Waals surface area contributed by atoms with E-state index >= 15 is 0 Å². The average Bonchev–Trinajstić information content (AvgIpc) is 2.84. The normalized spacial score (nSPS) is 10.9. The third-order valence-electron chi connectivity index (χ3n) is 2.87. The molecule has 0 spiro atoms. The number of likely N-dealkylation sites (N-methyl/N-ethyl adjacent to an activating group) is 1. The van der Waals surface area contributed by atoms with Gasteiger partial charge in [-0.15, -0.1) is 0 Å². The van der Waals surface area contributed by atoms with Crippen LogP contribution in [0.25, 0.3) is 0 Å². The first-order chi connectivity index (χ1) is 9.13. The Morgan fingerprint density at radius 3 is 2.74 bits per heavy atom. The van der Waals surface area contributed by atoms with E-state index in [1.165, 1.54) is 6.07 Å². The smallest absolute Gasteiger partial charge is 0.194 e. The van der Waals surface area contributed by atoms with Crippen LogP contribution in [0, 0.1) is 17.5 Å². The van der Waals surface area contributed by atoms with Gasteiger partial charge in [-0.1, -0.05) is 6.07 Å². The Hall–Kier alpha value is -1.82. The van der Waals surface area contributed by atoms with E-state index in [1.807, 2.05) is 11.6 Å². The third-order valence-corrected chi connectivity index (χ3v) is 2.87. The van der Waals surface area contributed by atoms with Crippen LogP contribution >= 0.6 is 0 Å². The number of nitrogens with one attached hydrogen (secondary N) is 1. The van der Waals surface area contributed by atoms with Crippen molar-refractivity contribution in [3.05, 3.63) is 53.4 Å². The van der Waals surface area contributed by atoms with Crippen LogP contribution < -0.4 is 5.32 Å². The summed E-state index contributed by atoms with van der Waals surface area (Å²) in [6.45, 7) is 1.42. The van der Waals surface area contributed by atoms with Crippen molar-refractivity contribution in [2.24, 2.45) is 0 Å². The average molecular weight is 269 g/mol. The van der Waals surface area contributed by atoms with Crippen molar-refractivity contribution in [1.29, 1.82) is 0 Å². The van der Waals surface area contributed by atoms with Gasteiger partial charge in [-0.3, -0.25) is 0 Å². The molecule has 102 valence electrons. The van der Waals surface area contributed by atoms with Crippen LogP contribution in [0.1, 0.15) is 11.4 Å². The summed E-state index contributed by atoms with van der Waals surface area (Å²) in [6, 6.07) is 2.17. The molecule has 6 heteroatoms. The molecule has 0 amide bonds. The van der Waals surface area contributed by atoms with E-state index in [9.17, 15) is 13.2 Å². The molecule has 1 aromatic heterocycles. The van der Waals surface area contributed by atoms with Gasteiger partial charge in [-0.25, -0.2) is 18.2 Å². The van der Waals surface area contributed by atoms with Crippen molar-refractivity contribution < 1.29 is 13.2 Å². The fourth-order valence-corrected chi connectivity index (χ4v) is 1.82. The fourth-order valence-electron chi connectivity index (χ4n) is 1.82. The molecule has 1 aromatic carbocycles. The van der Waals surface area contributed by atoms with Gasteiger partial charge in [0, 0.05) is 31.9 Å². The van der Waals surface area contributed by atoms with E-state index in [2.05, 4.69) is 10.3 Å². The Morgan fingerprint density at radius 1 is 1.21 bits per heavy atom. The quantitative estimate of drug-likeness (QED) is 0.843. The standard InChI is InChI=1S/C13H14F3N3/c1-17-4-6-19-7-5-18-11(19)8-9-2-3-10(14)13(16)12(9)15/h2-3,5,7,17H,4,6,8H2,1H3. The monoisotopic (exact) mass is 269 g/mol. The number of rotatable bonds is 5. The van der Waals surface area contributed by atoms with Gasteiger partial charge in [0.25, 0.3) is 0 Å². The number of halogens is 3. The Kier molecular flexibility index (Phi) is 4.21. The molecule has 0 aliphatic carbocycles. The third kappa shape index (κ3) is 2.96. The summed E-state index contributed by atoms with van der Waals surface area (Å²) in [5.74, 6) is -3.16. The Bertz CT molecular complexity index is 566. The lowest BCUT2D eigenvalue weighted by Gasteiger charge is -2.08. The highest BCUT2D eigenvalue weighted by Gasteiger charge is 2.15. The van der Waals surface area contributed by atoms with E-state index in [4.69, 9.17) is 0 Å². The molecule has 0 radical (unpaired) electrons. The lowest BCUT2D eigenvalue weighted by atomic mass is 10.1. The first kappa shape index (κ1) is 13.6. The molecule has 0 bridgehead atoms. The van der Waals surface area contributed by atoms with Gasteiger partial charge in [0.15, 0.2) is 17.5 Å². The molecule has 0 aliphatic rings. The summed E-state index contributed by atoms with van der Waals surface area (Å²) in [4.78, 5) is 4.11. The number of imidazole rings is 1. The molecule has 0 fully saturated rings. The van der Waals surface area contributed by atoms with Crippen LogP contribution in [0.2, 0.25) is 0 Å². The molecule has 19 heavy (non-hydrogen) atoms. The van der Waals surface area contributed by atoms with Gasteiger partial charge in [0.05, 0.1) is 0 Å². The Morgan fingerprint density at radius 2 is 2.00 bits per heavy atom. The van der Waals surface area contributed by atoms with E-state index in [1.54, 1.807) is 12.4 Å². The fraction of sp³-hybridized carbons (Fsp3) is 0.308. The zero-order chi connectivity index (χ0) is 13.8. The van der Waals surface area contributed by atoms with Crippen LogP contribution in [-0.2, 0) is 13.0 Å². The van der Waals surface area contributed by atoms with Crippen molar-refractivity contribution in [2.45, 2.75) is 13.0 Å². The van der Waals surface area contributed by atoms with Gasteiger partial charge in [-0.2, -0.15) is 0 Å². The predicted molar refractivity (Wildman–Crippen MR) is 65.3 cm³/mol. The maximum absolute atomic E-state index is 13.6. The highest BCUT2D eigenvalue weighted by Crippen LogP contribution is 2.17. The highest BCUT2D eigenvalue weighted by molar-refractivity contribution is 5.23. The van der Waals surface area contributed by atoms with Crippen LogP contribution in [0.5, 0.6) is 0 Å². The summed E-state index contributed by atoms with van der Waals surface area (Å²) in [6.07, 6.45) is 3.49. The highest BCUT2D eigenvalue weighted by atomic mass is 19.2. The molecule has 1 heterocycles. The first-order valence-corrected chi connectivity index (χ1v) is 5.90. The number of hydrogen-bond donors (Lipinski definition) is 1. The minimum absolute atomic E-state index is 0.0933. The molecule has 2 rings (SSSR count). The second kappa shape index (κ2) is 5.88. The topological polar surface area (TPSA) is 29.9 Å². The maximum Gasteiger partial charge on any atom is 0.194 e. The van der Waals surface area contributed by atoms with Crippen molar-refractivity contribution in [1.82, 2.24) is 14.9 Å². The second-order valence-corrected chi connectivity index (χ2v) is 4.15. The minimum atomic E-state index is -1.44. The predicted octanol–water partition coefficient (Wildman–Crippen LogP) is 2.11. The summed E-state index contributed by atoms with van der Waals surface area (Å²) in [5.41, 5.74) is 0.0933.